The van der Waals surface area contributed by atoms with E-state index in [1.807, 2.05) is 12.1 Å². The Hall–Kier alpha value is -2.00. The molecule has 1 aromatic heterocycles. The molecule has 1 fully saturated rings. The van der Waals surface area contributed by atoms with Crippen LogP contribution in [-0.2, 0) is 0 Å². The minimum absolute atomic E-state index is 0.0498. The number of likely N-dealkylation sites (tertiary alicyclic amines) is 1. The normalized spacial score (nSPS) is 16.6. The second-order valence-electron chi connectivity index (χ2n) is 6.03. The molecule has 0 bridgehead atoms. The average Bonchev–Trinajstić information content (AvgIpc) is 3.09. The van der Waals surface area contributed by atoms with Crippen LogP contribution in [0.5, 0.6) is 0 Å². The van der Waals surface area contributed by atoms with Gasteiger partial charge in [-0.1, -0.05) is 24.3 Å². The highest BCUT2D eigenvalue weighted by atomic mass is 16.1. The number of hydrogen-bond acceptors (Lipinski definition) is 3. The van der Waals surface area contributed by atoms with Gasteiger partial charge in [0.1, 0.15) is 0 Å². The van der Waals surface area contributed by atoms with Gasteiger partial charge in [-0.3, -0.25) is 14.7 Å². The predicted molar refractivity (Wildman–Crippen MR) is 88.9 cm³/mol. The lowest BCUT2D eigenvalue weighted by atomic mass is 10.0. The van der Waals surface area contributed by atoms with Gasteiger partial charge in [0.15, 0.2) is 5.78 Å². The van der Waals surface area contributed by atoms with E-state index in [-0.39, 0.29) is 5.78 Å². The molecule has 0 N–H and O–H groups in total. The van der Waals surface area contributed by atoms with E-state index in [0.717, 1.165) is 11.3 Å². The second kappa shape index (κ2) is 6.41. The van der Waals surface area contributed by atoms with E-state index in [1.165, 1.54) is 31.5 Å². The van der Waals surface area contributed by atoms with Gasteiger partial charge < -0.3 is 0 Å². The van der Waals surface area contributed by atoms with E-state index in [0.29, 0.717) is 11.6 Å². The Morgan fingerprint density at radius 2 is 1.77 bits per heavy atom. The first-order valence-corrected chi connectivity index (χ1v) is 7.96. The van der Waals surface area contributed by atoms with Crippen LogP contribution in [0.2, 0.25) is 0 Å². The van der Waals surface area contributed by atoms with Crippen LogP contribution in [0, 0.1) is 0 Å². The summed E-state index contributed by atoms with van der Waals surface area (Å²) in [5, 5.41) is 0. The van der Waals surface area contributed by atoms with E-state index in [4.69, 9.17) is 0 Å². The maximum Gasteiger partial charge on any atom is 0.161 e. The Morgan fingerprint density at radius 3 is 2.32 bits per heavy atom. The van der Waals surface area contributed by atoms with Crippen molar-refractivity contribution < 1.29 is 4.79 Å². The summed E-state index contributed by atoms with van der Waals surface area (Å²) in [6.07, 6.45) is 4.28. The van der Waals surface area contributed by atoms with Crippen molar-refractivity contribution in [3.05, 3.63) is 53.7 Å². The van der Waals surface area contributed by atoms with Gasteiger partial charge in [-0.25, -0.2) is 0 Å². The van der Waals surface area contributed by atoms with Crippen molar-refractivity contribution in [3.63, 3.8) is 0 Å². The van der Waals surface area contributed by atoms with Crippen LogP contribution in [0.4, 0.5) is 0 Å². The molecule has 0 aliphatic carbocycles. The second-order valence-corrected chi connectivity index (χ2v) is 6.03. The molecule has 0 saturated carbocycles. The highest BCUT2D eigenvalue weighted by Crippen LogP contribution is 2.26. The van der Waals surface area contributed by atoms with Gasteiger partial charge >= 0.3 is 0 Å². The summed E-state index contributed by atoms with van der Waals surface area (Å²) in [6.45, 7) is 6.25. The number of ketones is 1. The Balaban J connectivity index is 1.77. The SMILES string of the molecule is CC(=O)c1ccc(-c2ccc(C(C)N3CCCC3)cc2)nc1. The Bertz CT molecular complexity index is 640. The molecular formula is C19H22N2O. The highest BCUT2D eigenvalue weighted by Gasteiger charge is 2.19. The molecule has 114 valence electrons. The highest BCUT2D eigenvalue weighted by molar-refractivity contribution is 5.93. The summed E-state index contributed by atoms with van der Waals surface area (Å²) >= 11 is 0. The van der Waals surface area contributed by atoms with Gasteiger partial charge in [0.25, 0.3) is 0 Å². The minimum atomic E-state index is 0.0498. The molecule has 3 heteroatoms. The number of pyridine rings is 1. The van der Waals surface area contributed by atoms with Crippen LogP contribution in [0.15, 0.2) is 42.6 Å². The van der Waals surface area contributed by atoms with E-state index >= 15 is 0 Å². The molecule has 1 aliphatic rings. The number of rotatable bonds is 4. The first kappa shape index (κ1) is 14.9. The molecule has 22 heavy (non-hydrogen) atoms. The zero-order chi connectivity index (χ0) is 15.5. The number of hydrogen-bond donors (Lipinski definition) is 0. The molecule has 2 aromatic rings. The molecule has 1 saturated heterocycles. The van der Waals surface area contributed by atoms with Crippen molar-refractivity contribution in [2.45, 2.75) is 32.7 Å². The molecule has 3 rings (SSSR count). The Morgan fingerprint density at radius 1 is 1.09 bits per heavy atom. The molecule has 3 nitrogen and oxygen atoms in total. The van der Waals surface area contributed by atoms with Gasteiger partial charge in [-0.15, -0.1) is 0 Å². The van der Waals surface area contributed by atoms with E-state index in [2.05, 4.69) is 41.1 Å². The predicted octanol–water partition coefficient (Wildman–Crippen LogP) is 4.11. The van der Waals surface area contributed by atoms with Crippen molar-refractivity contribution in [3.8, 4) is 11.3 Å². The monoisotopic (exact) mass is 294 g/mol. The number of carbonyl (C=O) groups is 1. The summed E-state index contributed by atoms with van der Waals surface area (Å²) in [7, 11) is 0. The zero-order valence-corrected chi connectivity index (χ0v) is 13.2. The number of nitrogens with zero attached hydrogens (tertiary/aromatic N) is 2. The van der Waals surface area contributed by atoms with E-state index in [9.17, 15) is 4.79 Å². The van der Waals surface area contributed by atoms with Crippen LogP contribution in [0.25, 0.3) is 11.3 Å². The van der Waals surface area contributed by atoms with Crippen LogP contribution in [0.1, 0.15) is 48.7 Å². The van der Waals surface area contributed by atoms with Crippen molar-refractivity contribution in [1.82, 2.24) is 9.88 Å². The summed E-state index contributed by atoms with van der Waals surface area (Å²) < 4.78 is 0. The molecular weight excluding hydrogens is 272 g/mol. The minimum Gasteiger partial charge on any atom is -0.297 e. The molecule has 1 atom stereocenters. The fourth-order valence-corrected chi connectivity index (χ4v) is 3.04. The van der Waals surface area contributed by atoms with Gasteiger partial charge in [0, 0.05) is 23.4 Å². The first-order valence-electron chi connectivity index (χ1n) is 7.96. The van der Waals surface area contributed by atoms with Gasteiger partial charge in [-0.2, -0.15) is 0 Å². The van der Waals surface area contributed by atoms with Crippen LogP contribution < -0.4 is 0 Å². The van der Waals surface area contributed by atoms with Crippen molar-refractivity contribution in [2.24, 2.45) is 0 Å². The average molecular weight is 294 g/mol. The van der Waals surface area contributed by atoms with E-state index in [1.54, 1.807) is 13.1 Å². The lowest BCUT2D eigenvalue weighted by Crippen LogP contribution is -2.23. The van der Waals surface area contributed by atoms with Gasteiger partial charge in [0.05, 0.1) is 5.69 Å². The third-order valence-electron chi connectivity index (χ3n) is 4.55. The summed E-state index contributed by atoms with van der Waals surface area (Å²) in [5.41, 5.74) is 4.01. The van der Waals surface area contributed by atoms with Crippen molar-refractivity contribution >= 4 is 5.78 Å². The van der Waals surface area contributed by atoms with Crippen LogP contribution in [-0.4, -0.2) is 28.8 Å². The molecule has 0 radical (unpaired) electrons. The summed E-state index contributed by atoms with van der Waals surface area (Å²) in [6, 6.07) is 12.9. The van der Waals surface area contributed by atoms with Crippen molar-refractivity contribution in [2.75, 3.05) is 13.1 Å². The number of carbonyl (C=O) groups excluding carboxylic acids is 1. The van der Waals surface area contributed by atoms with E-state index < -0.39 is 0 Å². The van der Waals surface area contributed by atoms with Crippen LogP contribution >= 0.6 is 0 Å². The van der Waals surface area contributed by atoms with Crippen molar-refractivity contribution in [1.29, 1.82) is 0 Å². The largest absolute Gasteiger partial charge is 0.297 e. The molecule has 1 unspecified atom stereocenters. The Kier molecular flexibility index (Phi) is 4.34. The maximum absolute atomic E-state index is 11.3. The molecule has 1 aliphatic heterocycles. The lowest BCUT2D eigenvalue weighted by Gasteiger charge is -2.24. The fraction of sp³-hybridized carbons (Fsp3) is 0.368. The molecule has 2 heterocycles. The number of Topliss-reactive ketones (excluding diaryl/α,β-unsaturated/α-hetero) is 1. The summed E-state index contributed by atoms with van der Waals surface area (Å²) in [5.74, 6) is 0.0498. The molecule has 0 spiro atoms. The first-order chi connectivity index (χ1) is 10.6. The maximum atomic E-state index is 11.3. The third kappa shape index (κ3) is 3.09. The molecule has 0 amide bonds. The third-order valence-corrected chi connectivity index (χ3v) is 4.55. The standard InChI is InChI=1S/C19H22N2O/c1-14(21-11-3-4-12-21)16-5-7-17(8-6-16)19-10-9-18(13-20-19)15(2)22/h5-10,13-14H,3-4,11-12H2,1-2H3. The van der Waals surface area contributed by atoms with Crippen LogP contribution in [0.3, 0.4) is 0 Å². The van der Waals surface area contributed by atoms with Gasteiger partial charge in [-0.05, 0) is 57.5 Å². The number of benzene rings is 1. The zero-order valence-electron chi connectivity index (χ0n) is 13.2. The quantitative estimate of drug-likeness (QED) is 0.796. The molecule has 1 aromatic carbocycles. The Labute approximate surface area is 132 Å². The smallest absolute Gasteiger partial charge is 0.161 e. The fourth-order valence-electron chi connectivity index (χ4n) is 3.04. The summed E-state index contributed by atoms with van der Waals surface area (Å²) in [4.78, 5) is 18.2. The lowest BCUT2D eigenvalue weighted by molar-refractivity contribution is 0.101. The number of aromatic nitrogens is 1. The van der Waals surface area contributed by atoms with Gasteiger partial charge in [0.2, 0.25) is 0 Å². The topological polar surface area (TPSA) is 33.2 Å².